The van der Waals surface area contributed by atoms with Gasteiger partial charge in [-0.15, -0.1) is 0 Å². The quantitative estimate of drug-likeness (QED) is 0.535. The zero-order valence-electron chi connectivity index (χ0n) is 10.7. The van der Waals surface area contributed by atoms with Crippen molar-refractivity contribution in [2.45, 2.75) is 58.3 Å². The van der Waals surface area contributed by atoms with E-state index in [1.807, 2.05) is 0 Å². The van der Waals surface area contributed by atoms with Crippen LogP contribution in [0.3, 0.4) is 0 Å². The highest BCUT2D eigenvalue weighted by atomic mass is 16.3. The van der Waals surface area contributed by atoms with Crippen LogP contribution in [-0.2, 0) is 0 Å². The fourth-order valence-corrected chi connectivity index (χ4v) is 1.79. The Labute approximate surface area is 95.7 Å². The van der Waals surface area contributed by atoms with Crippen LogP contribution in [0.5, 0.6) is 0 Å². The van der Waals surface area contributed by atoms with Gasteiger partial charge in [0.1, 0.15) is 0 Å². The van der Waals surface area contributed by atoms with Gasteiger partial charge < -0.3 is 10.0 Å². The van der Waals surface area contributed by atoms with Gasteiger partial charge in [0.25, 0.3) is 0 Å². The monoisotopic (exact) mass is 215 g/mol. The van der Waals surface area contributed by atoms with Crippen molar-refractivity contribution in [2.75, 3.05) is 26.7 Å². The van der Waals surface area contributed by atoms with Crippen molar-refractivity contribution < 1.29 is 5.11 Å². The molecule has 0 spiro atoms. The number of aliphatic hydroxyl groups is 1. The summed E-state index contributed by atoms with van der Waals surface area (Å²) < 4.78 is 0. The lowest BCUT2D eigenvalue weighted by Gasteiger charge is -2.15. The zero-order chi connectivity index (χ0) is 11.4. The summed E-state index contributed by atoms with van der Waals surface area (Å²) in [5, 5.41) is 8.68. The standard InChI is InChI=1S/C13H29NO/c1-3-4-5-6-7-8-9-11-14(2)12-10-13-15/h15H,3-13H2,1-2H3. The molecule has 2 nitrogen and oxygen atoms in total. The average Bonchev–Trinajstić information content (AvgIpc) is 2.25. The first-order valence-corrected chi connectivity index (χ1v) is 6.60. The molecule has 0 aliphatic rings. The fourth-order valence-electron chi connectivity index (χ4n) is 1.79. The summed E-state index contributed by atoms with van der Waals surface area (Å²) in [4.78, 5) is 2.32. The lowest BCUT2D eigenvalue weighted by molar-refractivity contribution is 0.245. The topological polar surface area (TPSA) is 23.5 Å². The van der Waals surface area contributed by atoms with E-state index in [4.69, 9.17) is 5.11 Å². The molecule has 0 heterocycles. The third-order valence-electron chi connectivity index (χ3n) is 2.84. The predicted molar refractivity (Wildman–Crippen MR) is 67.2 cm³/mol. The van der Waals surface area contributed by atoms with Gasteiger partial charge in [-0.3, -0.25) is 0 Å². The predicted octanol–water partition coefficient (Wildman–Crippen LogP) is 3.05. The van der Waals surface area contributed by atoms with Gasteiger partial charge in [-0.05, 0) is 26.4 Å². The lowest BCUT2D eigenvalue weighted by Crippen LogP contribution is -2.21. The molecule has 0 aromatic rings. The zero-order valence-corrected chi connectivity index (χ0v) is 10.7. The first kappa shape index (κ1) is 14.9. The number of hydrogen-bond acceptors (Lipinski definition) is 2. The molecule has 0 aromatic carbocycles. The van der Waals surface area contributed by atoms with Crippen molar-refractivity contribution >= 4 is 0 Å². The maximum Gasteiger partial charge on any atom is 0.0443 e. The van der Waals surface area contributed by atoms with Crippen LogP contribution in [0.2, 0.25) is 0 Å². The maximum atomic E-state index is 8.68. The molecule has 0 radical (unpaired) electrons. The molecule has 92 valence electrons. The van der Waals surface area contributed by atoms with Crippen LogP contribution in [0.4, 0.5) is 0 Å². The Morgan fingerprint density at radius 1 is 0.800 bits per heavy atom. The van der Waals surface area contributed by atoms with Gasteiger partial charge in [-0.1, -0.05) is 45.4 Å². The van der Waals surface area contributed by atoms with Crippen LogP contribution < -0.4 is 0 Å². The number of hydrogen-bond donors (Lipinski definition) is 1. The molecule has 0 saturated heterocycles. The van der Waals surface area contributed by atoms with Crippen molar-refractivity contribution in [1.29, 1.82) is 0 Å². The molecule has 0 atom stereocenters. The SMILES string of the molecule is CCCCCCCCCN(C)CCCO. The van der Waals surface area contributed by atoms with Crippen molar-refractivity contribution in [3.8, 4) is 0 Å². The van der Waals surface area contributed by atoms with Gasteiger partial charge in [-0.25, -0.2) is 0 Å². The van der Waals surface area contributed by atoms with Crippen LogP contribution in [0.15, 0.2) is 0 Å². The largest absolute Gasteiger partial charge is 0.396 e. The minimum atomic E-state index is 0.321. The van der Waals surface area contributed by atoms with E-state index >= 15 is 0 Å². The Bertz CT molecular complexity index is 117. The van der Waals surface area contributed by atoms with Crippen molar-refractivity contribution in [3.05, 3.63) is 0 Å². The van der Waals surface area contributed by atoms with Crippen LogP contribution >= 0.6 is 0 Å². The molecule has 0 saturated carbocycles. The minimum Gasteiger partial charge on any atom is -0.396 e. The highest BCUT2D eigenvalue weighted by molar-refractivity contribution is 4.52. The average molecular weight is 215 g/mol. The molecule has 15 heavy (non-hydrogen) atoms. The molecule has 0 bridgehead atoms. The molecule has 0 fully saturated rings. The number of unbranched alkanes of at least 4 members (excludes halogenated alkanes) is 6. The summed E-state index contributed by atoms with van der Waals surface area (Å²) in [5.74, 6) is 0. The van der Waals surface area contributed by atoms with E-state index in [0.29, 0.717) is 6.61 Å². The maximum absolute atomic E-state index is 8.68. The van der Waals surface area contributed by atoms with E-state index in [1.54, 1.807) is 0 Å². The summed E-state index contributed by atoms with van der Waals surface area (Å²) >= 11 is 0. The third kappa shape index (κ3) is 11.8. The first-order chi connectivity index (χ1) is 7.31. The van der Waals surface area contributed by atoms with Gasteiger partial charge in [-0.2, -0.15) is 0 Å². The highest BCUT2D eigenvalue weighted by Crippen LogP contribution is 2.07. The molecule has 0 rings (SSSR count). The Morgan fingerprint density at radius 3 is 1.93 bits per heavy atom. The van der Waals surface area contributed by atoms with E-state index in [-0.39, 0.29) is 0 Å². The van der Waals surface area contributed by atoms with Gasteiger partial charge in [0.2, 0.25) is 0 Å². The molecule has 0 amide bonds. The summed E-state index contributed by atoms with van der Waals surface area (Å²) in [7, 11) is 2.15. The number of nitrogens with zero attached hydrogens (tertiary/aromatic N) is 1. The summed E-state index contributed by atoms with van der Waals surface area (Å²) in [5.41, 5.74) is 0. The van der Waals surface area contributed by atoms with Gasteiger partial charge >= 0.3 is 0 Å². The Balaban J connectivity index is 3.02. The second-order valence-corrected chi connectivity index (χ2v) is 4.50. The molecule has 0 aliphatic heterocycles. The second kappa shape index (κ2) is 12.0. The smallest absolute Gasteiger partial charge is 0.0443 e. The number of aliphatic hydroxyl groups excluding tert-OH is 1. The second-order valence-electron chi connectivity index (χ2n) is 4.50. The number of rotatable bonds is 11. The van der Waals surface area contributed by atoms with Gasteiger partial charge in [0.05, 0.1) is 0 Å². The summed E-state index contributed by atoms with van der Waals surface area (Å²) in [6, 6.07) is 0. The van der Waals surface area contributed by atoms with E-state index in [0.717, 1.165) is 13.0 Å². The van der Waals surface area contributed by atoms with E-state index in [9.17, 15) is 0 Å². The molecule has 0 aromatic heterocycles. The fraction of sp³-hybridized carbons (Fsp3) is 1.00. The van der Waals surface area contributed by atoms with Crippen molar-refractivity contribution in [1.82, 2.24) is 4.90 Å². The Morgan fingerprint density at radius 2 is 1.33 bits per heavy atom. The molecule has 1 N–H and O–H groups in total. The van der Waals surface area contributed by atoms with Crippen LogP contribution in [-0.4, -0.2) is 36.8 Å². The lowest BCUT2D eigenvalue weighted by atomic mass is 10.1. The molecular weight excluding hydrogens is 186 g/mol. The van der Waals surface area contributed by atoms with Crippen LogP contribution in [0, 0.1) is 0 Å². The normalized spacial score (nSPS) is 11.2. The van der Waals surface area contributed by atoms with E-state index in [2.05, 4.69) is 18.9 Å². The Hall–Kier alpha value is -0.0800. The first-order valence-electron chi connectivity index (χ1n) is 6.60. The Kier molecular flexibility index (Phi) is 11.9. The molecular formula is C13H29NO. The van der Waals surface area contributed by atoms with Gasteiger partial charge in [0, 0.05) is 13.2 Å². The van der Waals surface area contributed by atoms with E-state index in [1.165, 1.54) is 51.5 Å². The highest BCUT2D eigenvalue weighted by Gasteiger charge is 1.97. The summed E-state index contributed by atoms with van der Waals surface area (Å²) in [6.45, 7) is 4.80. The molecule has 0 aliphatic carbocycles. The summed E-state index contributed by atoms with van der Waals surface area (Å²) in [6.07, 6.45) is 10.5. The minimum absolute atomic E-state index is 0.321. The van der Waals surface area contributed by atoms with Crippen LogP contribution in [0.1, 0.15) is 58.3 Å². The van der Waals surface area contributed by atoms with Gasteiger partial charge in [0.15, 0.2) is 0 Å². The molecule has 0 unspecified atom stereocenters. The van der Waals surface area contributed by atoms with E-state index < -0.39 is 0 Å². The molecule has 2 heteroatoms. The van der Waals surface area contributed by atoms with Crippen LogP contribution in [0.25, 0.3) is 0 Å². The third-order valence-corrected chi connectivity index (χ3v) is 2.84. The van der Waals surface area contributed by atoms with Crippen molar-refractivity contribution in [2.24, 2.45) is 0 Å². The van der Waals surface area contributed by atoms with Crippen molar-refractivity contribution in [3.63, 3.8) is 0 Å².